The summed E-state index contributed by atoms with van der Waals surface area (Å²) in [6, 6.07) is 0. The maximum Gasteiger partial charge on any atom is -0.0360 e. The van der Waals surface area contributed by atoms with Crippen LogP contribution in [0.15, 0.2) is 0 Å². The molecule has 3 unspecified atom stereocenters. The van der Waals surface area contributed by atoms with E-state index in [1.165, 1.54) is 32.1 Å². The third-order valence-corrected chi connectivity index (χ3v) is 3.43. The number of unbranched alkanes of at least 4 members (excludes halogenated alkanes) is 1. The van der Waals surface area contributed by atoms with E-state index in [1.54, 1.807) is 0 Å². The second-order valence-corrected chi connectivity index (χ2v) is 4.19. The van der Waals surface area contributed by atoms with E-state index in [9.17, 15) is 0 Å². The summed E-state index contributed by atoms with van der Waals surface area (Å²) in [4.78, 5) is 0. The first-order chi connectivity index (χ1) is 5.29. The molecule has 1 saturated carbocycles. The second-order valence-electron chi connectivity index (χ2n) is 4.19. The summed E-state index contributed by atoms with van der Waals surface area (Å²) in [7, 11) is 0. The highest BCUT2D eigenvalue weighted by Crippen LogP contribution is 2.44. The summed E-state index contributed by atoms with van der Waals surface area (Å²) in [5.41, 5.74) is 0. The molecule has 0 aromatic carbocycles. The van der Waals surface area contributed by atoms with Crippen LogP contribution in [0.3, 0.4) is 0 Å². The van der Waals surface area contributed by atoms with Gasteiger partial charge in [-0.05, 0) is 30.6 Å². The minimum Gasteiger partial charge on any atom is -0.0654 e. The normalized spacial score (nSPS) is 36.8. The van der Waals surface area contributed by atoms with E-state index in [2.05, 4.69) is 20.8 Å². The average molecular weight is 154 g/mol. The van der Waals surface area contributed by atoms with Gasteiger partial charge in [-0.25, -0.2) is 0 Å². The van der Waals surface area contributed by atoms with Gasteiger partial charge < -0.3 is 0 Å². The molecule has 1 aliphatic carbocycles. The number of hydrogen-bond donors (Lipinski definition) is 0. The van der Waals surface area contributed by atoms with Gasteiger partial charge in [0.05, 0.1) is 0 Å². The molecule has 0 aliphatic heterocycles. The summed E-state index contributed by atoms with van der Waals surface area (Å²) in [6.07, 6.45) is 7.24. The van der Waals surface area contributed by atoms with Crippen LogP contribution in [-0.2, 0) is 0 Å². The van der Waals surface area contributed by atoms with Crippen molar-refractivity contribution in [3.05, 3.63) is 0 Å². The fraction of sp³-hybridized carbons (Fsp3) is 1.00. The molecule has 0 amide bonds. The lowest BCUT2D eigenvalue weighted by Gasteiger charge is -2.43. The lowest BCUT2D eigenvalue weighted by atomic mass is 9.63. The molecule has 0 bridgehead atoms. The second kappa shape index (κ2) is 4.13. The van der Waals surface area contributed by atoms with Gasteiger partial charge in [-0.1, -0.05) is 40.0 Å². The Labute approximate surface area is 71.4 Å². The molecule has 66 valence electrons. The lowest BCUT2D eigenvalue weighted by molar-refractivity contribution is 0.0719. The molecular weight excluding hydrogens is 132 g/mol. The molecule has 0 heteroatoms. The smallest absolute Gasteiger partial charge is 0.0360 e. The SMILES string of the molecule is CCCCC1C(C)CC1CC. The Balaban J connectivity index is 2.19. The first-order valence-corrected chi connectivity index (χ1v) is 5.29. The van der Waals surface area contributed by atoms with E-state index in [4.69, 9.17) is 0 Å². The van der Waals surface area contributed by atoms with Crippen molar-refractivity contribution in [2.24, 2.45) is 17.8 Å². The van der Waals surface area contributed by atoms with Gasteiger partial charge in [0.25, 0.3) is 0 Å². The van der Waals surface area contributed by atoms with Crippen molar-refractivity contribution < 1.29 is 0 Å². The first-order valence-electron chi connectivity index (χ1n) is 5.29. The molecule has 0 aromatic heterocycles. The summed E-state index contributed by atoms with van der Waals surface area (Å²) in [5, 5.41) is 0. The van der Waals surface area contributed by atoms with Crippen LogP contribution in [-0.4, -0.2) is 0 Å². The van der Waals surface area contributed by atoms with Crippen molar-refractivity contribution in [1.29, 1.82) is 0 Å². The van der Waals surface area contributed by atoms with Crippen LogP contribution in [0.4, 0.5) is 0 Å². The molecule has 0 nitrogen and oxygen atoms in total. The van der Waals surface area contributed by atoms with E-state index in [0.29, 0.717) is 0 Å². The van der Waals surface area contributed by atoms with E-state index in [-0.39, 0.29) is 0 Å². The molecule has 3 atom stereocenters. The number of hydrogen-bond acceptors (Lipinski definition) is 0. The Hall–Kier alpha value is 0. The Morgan fingerprint density at radius 1 is 1.27 bits per heavy atom. The van der Waals surface area contributed by atoms with E-state index in [1.807, 2.05) is 0 Å². The molecule has 0 heterocycles. The number of rotatable bonds is 4. The molecule has 0 spiro atoms. The maximum atomic E-state index is 2.42. The van der Waals surface area contributed by atoms with E-state index >= 15 is 0 Å². The third-order valence-electron chi connectivity index (χ3n) is 3.43. The molecule has 0 saturated heterocycles. The molecule has 0 aromatic rings. The molecular formula is C11H22. The summed E-state index contributed by atoms with van der Waals surface area (Å²) in [5.74, 6) is 3.20. The van der Waals surface area contributed by atoms with Crippen molar-refractivity contribution in [1.82, 2.24) is 0 Å². The Morgan fingerprint density at radius 3 is 2.45 bits per heavy atom. The van der Waals surface area contributed by atoms with Crippen LogP contribution in [0.1, 0.15) is 52.9 Å². The van der Waals surface area contributed by atoms with Crippen LogP contribution in [0.25, 0.3) is 0 Å². The Morgan fingerprint density at radius 2 is 2.00 bits per heavy atom. The topological polar surface area (TPSA) is 0 Å². The predicted octanol–water partition coefficient (Wildman–Crippen LogP) is 3.86. The highest BCUT2D eigenvalue weighted by molar-refractivity contribution is 4.85. The van der Waals surface area contributed by atoms with Crippen molar-refractivity contribution in [2.75, 3.05) is 0 Å². The Kier molecular flexibility index (Phi) is 3.42. The van der Waals surface area contributed by atoms with E-state index in [0.717, 1.165) is 17.8 Å². The van der Waals surface area contributed by atoms with Crippen LogP contribution >= 0.6 is 0 Å². The molecule has 1 rings (SSSR count). The fourth-order valence-electron chi connectivity index (χ4n) is 2.53. The third kappa shape index (κ3) is 1.98. The summed E-state index contributed by atoms with van der Waals surface area (Å²) >= 11 is 0. The molecule has 1 fully saturated rings. The van der Waals surface area contributed by atoms with Gasteiger partial charge in [0.15, 0.2) is 0 Å². The van der Waals surface area contributed by atoms with Crippen LogP contribution in [0, 0.1) is 17.8 Å². The van der Waals surface area contributed by atoms with Gasteiger partial charge in [-0.2, -0.15) is 0 Å². The van der Waals surface area contributed by atoms with Gasteiger partial charge in [0.1, 0.15) is 0 Å². The predicted molar refractivity (Wildman–Crippen MR) is 50.6 cm³/mol. The van der Waals surface area contributed by atoms with Gasteiger partial charge in [0.2, 0.25) is 0 Å². The zero-order chi connectivity index (χ0) is 8.27. The van der Waals surface area contributed by atoms with Crippen molar-refractivity contribution in [3.8, 4) is 0 Å². The summed E-state index contributed by atoms with van der Waals surface area (Å²) in [6.45, 7) is 7.06. The van der Waals surface area contributed by atoms with Gasteiger partial charge in [-0.15, -0.1) is 0 Å². The largest absolute Gasteiger partial charge is 0.0654 e. The molecule has 1 aliphatic rings. The van der Waals surface area contributed by atoms with Crippen LogP contribution in [0.2, 0.25) is 0 Å². The molecule has 0 N–H and O–H groups in total. The Bertz CT molecular complexity index is 107. The minimum atomic E-state index is 1.03. The van der Waals surface area contributed by atoms with E-state index < -0.39 is 0 Å². The maximum absolute atomic E-state index is 2.42. The molecule has 0 radical (unpaired) electrons. The van der Waals surface area contributed by atoms with Crippen molar-refractivity contribution >= 4 is 0 Å². The summed E-state index contributed by atoms with van der Waals surface area (Å²) < 4.78 is 0. The van der Waals surface area contributed by atoms with Gasteiger partial charge >= 0.3 is 0 Å². The van der Waals surface area contributed by atoms with Gasteiger partial charge in [-0.3, -0.25) is 0 Å². The average Bonchev–Trinajstić information content (AvgIpc) is 2.00. The highest BCUT2D eigenvalue weighted by atomic mass is 14.4. The van der Waals surface area contributed by atoms with Gasteiger partial charge in [0, 0.05) is 0 Å². The zero-order valence-electron chi connectivity index (χ0n) is 8.27. The standard InChI is InChI=1S/C11H22/c1-4-6-7-11-9(3)8-10(11)5-2/h9-11H,4-8H2,1-3H3. The highest BCUT2D eigenvalue weighted by Gasteiger charge is 2.35. The quantitative estimate of drug-likeness (QED) is 0.577. The minimum absolute atomic E-state index is 1.03. The first kappa shape index (κ1) is 9.09. The van der Waals surface area contributed by atoms with Crippen LogP contribution < -0.4 is 0 Å². The zero-order valence-corrected chi connectivity index (χ0v) is 8.27. The monoisotopic (exact) mass is 154 g/mol. The van der Waals surface area contributed by atoms with Crippen LogP contribution in [0.5, 0.6) is 0 Å². The molecule has 11 heavy (non-hydrogen) atoms. The lowest BCUT2D eigenvalue weighted by Crippen LogP contribution is -2.34. The fourth-order valence-corrected chi connectivity index (χ4v) is 2.53. The van der Waals surface area contributed by atoms with Crippen molar-refractivity contribution in [2.45, 2.75) is 52.9 Å². The van der Waals surface area contributed by atoms with Crippen molar-refractivity contribution in [3.63, 3.8) is 0 Å².